The van der Waals surface area contributed by atoms with Crippen molar-refractivity contribution in [3.63, 3.8) is 0 Å². The molecular formula is C18H20N2O. The summed E-state index contributed by atoms with van der Waals surface area (Å²) < 4.78 is 5.32. The summed E-state index contributed by atoms with van der Waals surface area (Å²) in [7, 11) is 1.71. The van der Waals surface area contributed by atoms with Gasteiger partial charge in [0, 0.05) is 35.4 Å². The number of benzene rings is 1. The first kappa shape index (κ1) is 12.6. The molecule has 3 nitrogen and oxygen atoms in total. The van der Waals surface area contributed by atoms with Gasteiger partial charge in [-0.25, -0.2) is 0 Å². The van der Waals surface area contributed by atoms with Gasteiger partial charge in [0.25, 0.3) is 0 Å². The maximum absolute atomic E-state index is 5.32. The number of nitrogens with zero attached hydrogens (tertiary/aromatic N) is 1. The minimum Gasteiger partial charge on any atom is -0.497 e. The summed E-state index contributed by atoms with van der Waals surface area (Å²) in [6.45, 7) is 0.921. The molecular weight excluding hydrogens is 260 g/mol. The van der Waals surface area contributed by atoms with E-state index in [-0.39, 0.29) is 0 Å². The molecule has 0 bridgehead atoms. The normalized spacial score (nSPS) is 16.5. The lowest BCUT2D eigenvalue weighted by atomic mass is 9.96. The van der Waals surface area contributed by atoms with Crippen LogP contribution in [0.2, 0.25) is 0 Å². The van der Waals surface area contributed by atoms with Gasteiger partial charge in [-0.2, -0.15) is 0 Å². The second-order valence-electron chi connectivity index (χ2n) is 5.80. The molecule has 2 heterocycles. The van der Waals surface area contributed by atoms with E-state index < -0.39 is 0 Å². The highest BCUT2D eigenvalue weighted by Gasteiger charge is 2.16. The third-order valence-corrected chi connectivity index (χ3v) is 4.53. The molecule has 1 N–H and O–H groups in total. The second kappa shape index (κ2) is 4.99. The molecule has 4 rings (SSSR count). The number of nitrogens with one attached hydrogen (secondary N) is 1. The zero-order valence-electron chi connectivity index (χ0n) is 12.4. The maximum Gasteiger partial charge on any atom is 0.120 e. The number of methoxy groups -OCH3 is 1. The maximum atomic E-state index is 5.32. The average molecular weight is 280 g/mol. The van der Waals surface area contributed by atoms with Gasteiger partial charge >= 0.3 is 0 Å². The number of aryl methyl sites for hydroxylation is 1. The summed E-state index contributed by atoms with van der Waals surface area (Å²) in [6, 6.07) is 8.23. The molecule has 108 valence electrons. The molecule has 0 saturated heterocycles. The Morgan fingerprint density at radius 3 is 3.00 bits per heavy atom. The average Bonchev–Trinajstić information content (AvgIpc) is 2.92. The third-order valence-electron chi connectivity index (χ3n) is 4.53. The van der Waals surface area contributed by atoms with Crippen LogP contribution in [0.5, 0.6) is 5.75 Å². The number of fused-ring (bicyclic) bond motifs is 3. The molecule has 0 radical (unpaired) electrons. The van der Waals surface area contributed by atoms with Crippen LogP contribution < -0.4 is 20.2 Å². The van der Waals surface area contributed by atoms with Crippen molar-refractivity contribution in [1.82, 2.24) is 4.98 Å². The summed E-state index contributed by atoms with van der Waals surface area (Å²) in [6.07, 6.45) is 9.66. The summed E-state index contributed by atoms with van der Waals surface area (Å²) in [5.74, 6) is 0.900. The Labute approximate surface area is 124 Å². The summed E-state index contributed by atoms with van der Waals surface area (Å²) in [5.41, 5.74) is 4.17. The molecule has 0 fully saturated rings. The highest BCUT2D eigenvalue weighted by molar-refractivity contribution is 5.65. The molecule has 0 amide bonds. The predicted molar refractivity (Wildman–Crippen MR) is 86.0 cm³/mol. The lowest BCUT2D eigenvalue weighted by molar-refractivity contribution is 0.415. The van der Waals surface area contributed by atoms with Crippen molar-refractivity contribution >= 4 is 18.0 Å². The van der Waals surface area contributed by atoms with E-state index in [1.807, 2.05) is 12.1 Å². The Morgan fingerprint density at radius 2 is 2.10 bits per heavy atom. The number of H-pyrrole nitrogens is 1. The van der Waals surface area contributed by atoms with Crippen LogP contribution in [0.15, 0.2) is 24.3 Å². The number of aromatic nitrogens is 1. The van der Waals surface area contributed by atoms with Crippen molar-refractivity contribution in [3.05, 3.63) is 46.1 Å². The molecule has 0 atom stereocenters. The first-order valence-electron chi connectivity index (χ1n) is 7.67. The number of hydrogen-bond acceptors (Lipinski definition) is 2. The van der Waals surface area contributed by atoms with E-state index in [0.717, 1.165) is 12.3 Å². The molecule has 2 aliphatic rings. The Balaban J connectivity index is 1.76. The number of hydrogen-bond donors (Lipinski definition) is 1. The molecule has 1 aliphatic heterocycles. The van der Waals surface area contributed by atoms with Crippen LogP contribution in [0.3, 0.4) is 0 Å². The number of ether oxygens (including phenoxy) is 1. The molecule has 1 aromatic carbocycles. The quantitative estimate of drug-likeness (QED) is 0.910. The molecule has 1 aromatic heterocycles. The summed E-state index contributed by atoms with van der Waals surface area (Å²) in [4.78, 5) is 5.89. The minimum atomic E-state index is 0.900. The van der Waals surface area contributed by atoms with Crippen molar-refractivity contribution in [2.45, 2.75) is 25.7 Å². The fraction of sp³-hybridized carbons (Fsp3) is 0.333. The third kappa shape index (κ3) is 2.13. The topological polar surface area (TPSA) is 28.3 Å². The SMILES string of the molecule is COc1cccc(N2C=c3[nH]c4c(c3=CC2)CCCC4)c1. The van der Waals surface area contributed by atoms with Gasteiger partial charge in [-0.3, -0.25) is 0 Å². The van der Waals surface area contributed by atoms with E-state index in [1.165, 1.54) is 47.6 Å². The van der Waals surface area contributed by atoms with Crippen LogP contribution in [0.4, 0.5) is 5.69 Å². The van der Waals surface area contributed by atoms with Crippen LogP contribution in [0.25, 0.3) is 12.3 Å². The van der Waals surface area contributed by atoms with Gasteiger partial charge < -0.3 is 14.6 Å². The number of rotatable bonds is 2. The summed E-state index contributed by atoms with van der Waals surface area (Å²) >= 11 is 0. The van der Waals surface area contributed by atoms with Crippen molar-refractivity contribution in [2.24, 2.45) is 0 Å². The van der Waals surface area contributed by atoms with Gasteiger partial charge in [-0.05, 0) is 43.4 Å². The summed E-state index contributed by atoms with van der Waals surface area (Å²) in [5, 5.41) is 2.69. The van der Waals surface area contributed by atoms with E-state index >= 15 is 0 Å². The van der Waals surface area contributed by atoms with Crippen LogP contribution in [-0.4, -0.2) is 18.6 Å². The first-order chi connectivity index (χ1) is 10.3. The molecule has 2 aromatic rings. The van der Waals surface area contributed by atoms with Gasteiger partial charge in [0.1, 0.15) is 5.75 Å². The first-order valence-corrected chi connectivity index (χ1v) is 7.67. The van der Waals surface area contributed by atoms with Crippen LogP contribution in [0.1, 0.15) is 24.1 Å². The van der Waals surface area contributed by atoms with Gasteiger partial charge in [0.05, 0.1) is 12.5 Å². The highest BCUT2D eigenvalue weighted by Crippen LogP contribution is 2.22. The Kier molecular flexibility index (Phi) is 2.99. The van der Waals surface area contributed by atoms with Crippen LogP contribution in [0, 0.1) is 0 Å². The lowest BCUT2D eigenvalue weighted by Gasteiger charge is -2.21. The van der Waals surface area contributed by atoms with E-state index in [1.54, 1.807) is 12.7 Å². The van der Waals surface area contributed by atoms with E-state index in [4.69, 9.17) is 4.74 Å². The fourth-order valence-corrected chi connectivity index (χ4v) is 3.44. The highest BCUT2D eigenvalue weighted by atomic mass is 16.5. The monoisotopic (exact) mass is 280 g/mol. The number of anilines is 1. The van der Waals surface area contributed by atoms with Crippen molar-refractivity contribution < 1.29 is 4.74 Å². The van der Waals surface area contributed by atoms with E-state index in [9.17, 15) is 0 Å². The molecule has 0 unspecified atom stereocenters. The standard InChI is InChI=1S/C18H20N2O/c1-21-14-6-4-5-13(11-14)20-10-9-16-15-7-2-3-8-17(15)19-18(16)12-20/h4-6,9,11-12,19H,2-3,7-8,10H2,1H3. The molecule has 1 aliphatic carbocycles. The smallest absolute Gasteiger partial charge is 0.120 e. The largest absolute Gasteiger partial charge is 0.497 e. The van der Waals surface area contributed by atoms with E-state index in [0.29, 0.717) is 0 Å². The minimum absolute atomic E-state index is 0.900. The fourth-order valence-electron chi connectivity index (χ4n) is 3.44. The van der Waals surface area contributed by atoms with Crippen molar-refractivity contribution in [3.8, 4) is 5.75 Å². The van der Waals surface area contributed by atoms with E-state index in [2.05, 4.69) is 34.3 Å². The zero-order chi connectivity index (χ0) is 14.2. The van der Waals surface area contributed by atoms with Crippen molar-refractivity contribution in [1.29, 1.82) is 0 Å². The van der Waals surface area contributed by atoms with Gasteiger partial charge in [-0.15, -0.1) is 0 Å². The molecule has 0 spiro atoms. The Hall–Kier alpha value is -2.16. The second-order valence-corrected chi connectivity index (χ2v) is 5.80. The lowest BCUT2D eigenvalue weighted by Crippen LogP contribution is -2.36. The predicted octanol–water partition coefficient (Wildman–Crippen LogP) is 1.94. The van der Waals surface area contributed by atoms with Gasteiger partial charge in [-0.1, -0.05) is 12.1 Å². The Morgan fingerprint density at radius 1 is 1.19 bits per heavy atom. The van der Waals surface area contributed by atoms with Crippen LogP contribution in [-0.2, 0) is 12.8 Å². The Bertz CT molecular complexity index is 788. The van der Waals surface area contributed by atoms with Gasteiger partial charge in [0.15, 0.2) is 0 Å². The molecule has 3 heteroatoms. The zero-order valence-corrected chi connectivity index (χ0v) is 12.4. The van der Waals surface area contributed by atoms with Crippen LogP contribution >= 0.6 is 0 Å². The van der Waals surface area contributed by atoms with Crippen molar-refractivity contribution in [2.75, 3.05) is 18.6 Å². The number of aromatic amines is 1. The molecule has 21 heavy (non-hydrogen) atoms. The van der Waals surface area contributed by atoms with Gasteiger partial charge in [0.2, 0.25) is 0 Å². The molecule has 0 saturated carbocycles.